The predicted octanol–water partition coefficient (Wildman–Crippen LogP) is 13.9. The Balaban J connectivity index is 0.000000333. The van der Waals surface area contributed by atoms with Crippen LogP contribution in [0.4, 0.5) is 0 Å². The van der Waals surface area contributed by atoms with Crippen molar-refractivity contribution in [3.8, 4) is 23.6 Å². The summed E-state index contributed by atoms with van der Waals surface area (Å²) in [5.74, 6) is -1.05. The molecule has 4 rings (SSSR count). The van der Waals surface area contributed by atoms with Crippen molar-refractivity contribution in [3.05, 3.63) is 112 Å². The second-order valence-electron chi connectivity index (χ2n) is 15.8. The van der Waals surface area contributed by atoms with Gasteiger partial charge in [0.15, 0.2) is 0 Å². The fourth-order valence-electron chi connectivity index (χ4n) is 7.97. The molecule has 0 bridgehead atoms. The summed E-state index contributed by atoms with van der Waals surface area (Å²) in [6.45, 7) is 15.2. The molecule has 0 aliphatic heterocycles. The molecule has 0 aromatic heterocycles. The normalized spacial score (nSPS) is 12.1. The maximum atomic E-state index is 12.5. The first-order valence-corrected chi connectivity index (χ1v) is 25.9. The molecule has 9 heteroatoms. The van der Waals surface area contributed by atoms with Crippen LogP contribution >= 0.6 is 40.6 Å². The second-order valence-corrected chi connectivity index (χ2v) is 22.1. The van der Waals surface area contributed by atoms with Gasteiger partial charge >= 0.3 is 212 Å². The van der Waals surface area contributed by atoms with Crippen LogP contribution in [0, 0.1) is 22.7 Å². The Bertz CT molecular complexity index is 1750. The summed E-state index contributed by atoms with van der Waals surface area (Å²) in [5.41, 5.74) is -0.776. The molecule has 0 radical (unpaired) electrons. The van der Waals surface area contributed by atoms with Gasteiger partial charge < -0.3 is 4.48 Å². The molecule has 0 N–H and O–H groups in total. The third kappa shape index (κ3) is 13.4. The second kappa shape index (κ2) is 26.1. The van der Waals surface area contributed by atoms with Crippen molar-refractivity contribution >= 4 is 56.5 Å². The Morgan fingerprint density at radius 3 is 1.12 bits per heavy atom. The van der Waals surface area contributed by atoms with Crippen LogP contribution in [0.1, 0.15) is 142 Å². The average molecular weight is 879 g/mol. The van der Waals surface area contributed by atoms with Crippen molar-refractivity contribution in [2.24, 2.45) is 0 Å². The van der Waals surface area contributed by atoms with Crippen LogP contribution in [0.15, 0.2) is 91.0 Å². The average Bonchev–Trinajstić information content (AvgIpc) is 3.28. The first-order chi connectivity index (χ1) is 28.6. The van der Waals surface area contributed by atoms with Gasteiger partial charge in [-0.3, -0.25) is 0 Å². The van der Waals surface area contributed by atoms with E-state index in [4.69, 9.17) is 39.0 Å². The summed E-state index contributed by atoms with van der Waals surface area (Å²) in [4.78, 5) is 0. The van der Waals surface area contributed by atoms with Crippen LogP contribution in [0.25, 0.3) is 0 Å². The molecule has 0 heterocycles. The van der Waals surface area contributed by atoms with Crippen LogP contribution in [0.5, 0.6) is 11.5 Å². The molecule has 0 saturated carbocycles. The first kappa shape index (κ1) is 50.1. The van der Waals surface area contributed by atoms with Gasteiger partial charge in [0.05, 0.1) is 26.2 Å². The molecule has 0 fully saturated rings. The zero-order chi connectivity index (χ0) is 43.0. The predicted molar refractivity (Wildman–Crippen MR) is 253 cm³/mol. The maximum absolute atomic E-state index is 12.5. The summed E-state index contributed by atoms with van der Waals surface area (Å²) >= 11 is 20.5. The zero-order valence-electron chi connectivity index (χ0n) is 36.0. The Morgan fingerprint density at radius 1 is 0.508 bits per heavy atom. The summed E-state index contributed by atoms with van der Waals surface area (Å²) in [5, 5.41) is 33.3. The first-order valence-electron chi connectivity index (χ1n) is 22.1. The summed E-state index contributed by atoms with van der Waals surface area (Å²) in [7, 11) is 0. The van der Waals surface area contributed by atoms with Crippen molar-refractivity contribution in [3.63, 3.8) is 0 Å². The van der Waals surface area contributed by atoms with Gasteiger partial charge in [-0.15, -0.1) is 0 Å². The van der Waals surface area contributed by atoms with Gasteiger partial charge in [-0.25, -0.2) is 0 Å². The van der Waals surface area contributed by atoms with Crippen molar-refractivity contribution in [2.75, 3.05) is 26.2 Å². The molecule has 0 unspecified atom stereocenters. The number of hydrogen-bond acceptors (Lipinski definition) is 4. The molecule has 0 spiro atoms. The van der Waals surface area contributed by atoms with Crippen molar-refractivity contribution < 1.29 is 14.1 Å². The monoisotopic (exact) mass is 877 g/mol. The molecule has 4 aromatic rings. The third-order valence-corrected chi connectivity index (χ3v) is 18.3. The van der Waals surface area contributed by atoms with E-state index in [2.05, 4.69) is 27.7 Å². The van der Waals surface area contributed by atoms with E-state index in [1.807, 2.05) is 97.1 Å². The van der Waals surface area contributed by atoms with Gasteiger partial charge in [-0.05, 0) is 51.4 Å². The number of rotatable bonds is 25. The minimum absolute atomic E-state index is 0.213. The number of halogens is 3. The summed E-state index contributed by atoms with van der Waals surface area (Å²) in [6, 6.07) is 31.2. The van der Waals surface area contributed by atoms with Gasteiger partial charge in [0.2, 0.25) is 0 Å². The fourth-order valence-corrected chi connectivity index (χ4v) is 13.5. The minimum atomic E-state index is -4.38. The Hall–Kier alpha value is -3.28. The van der Waals surface area contributed by atoms with Gasteiger partial charge in [0.1, 0.15) is 0 Å². The van der Waals surface area contributed by atoms with E-state index in [1.165, 1.54) is 133 Å². The molecular formula is C50H67Cl3N3O2P. The Morgan fingerprint density at radius 2 is 0.831 bits per heavy atom. The fraction of sp³-hybridized carbons (Fsp3) is 0.480. The molecule has 0 saturated heterocycles. The molecule has 0 atom stereocenters. The molecule has 0 aliphatic carbocycles. The quantitative estimate of drug-likeness (QED) is 0.0377. The van der Waals surface area contributed by atoms with E-state index < -0.39 is 22.5 Å². The zero-order valence-corrected chi connectivity index (χ0v) is 39.2. The van der Waals surface area contributed by atoms with Gasteiger partial charge in [-0.1, -0.05) is 79.1 Å². The molecule has 0 aliphatic rings. The van der Waals surface area contributed by atoms with E-state index in [0.29, 0.717) is 15.9 Å². The third-order valence-electron chi connectivity index (χ3n) is 11.4. The number of benzene rings is 4. The molecular weight excluding hydrogens is 812 g/mol. The van der Waals surface area contributed by atoms with Crippen LogP contribution < -0.4 is 25.5 Å². The van der Waals surface area contributed by atoms with E-state index in [-0.39, 0.29) is 16.3 Å². The van der Waals surface area contributed by atoms with Crippen LogP contribution in [-0.4, -0.2) is 30.7 Å². The van der Waals surface area contributed by atoms with Crippen LogP contribution in [0.2, 0.25) is 10.0 Å². The molecule has 0 amide bonds. The number of nitrogens with zero attached hydrogens (tertiary/aromatic N) is 3. The number of hydrogen-bond donors (Lipinski definition) is 0. The summed E-state index contributed by atoms with van der Waals surface area (Å²) in [6.07, 6.45) is 18.5. The van der Waals surface area contributed by atoms with E-state index >= 15 is 0 Å². The summed E-state index contributed by atoms with van der Waals surface area (Å²) < 4.78 is 8.21. The topological polar surface area (TPSA) is 79.9 Å². The van der Waals surface area contributed by atoms with Crippen molar-refractivity contribution in [1.29, 1.82) is 10.5 Å². The molecule has 4 aromatic carbocycles. The number of nitriles is 2. The van der Waals surface area contributed by atoms with Crippen LogP contribution in [-0.2, 0) is 0 Å². The van der Waals surface area contributed by atoms with Gasteiger partial charge in [0, 0.05) is 0 Å². The number of quaternary nitrogens is 1. The van der Waals surface area contributed by atoms with E-state index in [9.17, 15) is 15.6 Å². The standard InChI is InChI=1S/C26H16Cl3N2O2P.C24H52N/c27-23-24(28)26(22(17-31)21(16-30)25(23)32)33-34(29,18-10-4-1-5-11-18,19-12-6-2-7-13-19)20-14-8-3-9-15-20;1-5-9-13-17-21-25(22-18-14-10-6-2,23-19-15-11-7-3)24-20-16-12-8-4/h1-15,32H;5-24H2,1-4H3/q;+1/p-1. The SMILES string of the molecule is CCCCCC[N+](CCCCCC)(CCCCCC)CCCCCC.N#Cc1c([O-])c(Cl)c(Cl)c(OP(Cl)(c2ccccc2)(c2ccccc2)c2ccccc2)c1C#N. The Kier molecular flexibility index (Phi) is 22.2. The van der Waals surface area contributed by atoms with E-state index in [0.717, 1.165) is 0 Å². The van der Waals surface area contributed by atoms with E-state index in [1.54, 1.807) is 6.07 Å². The van der Waals surface area contributed by atoms with Crippen molar-refractivity contribution in [1.82, 2.24) is 0 Å². The van der Waals surface area contributed by atoms with Crippen molar-refractivity contribution in [2.45, 2.75) is 130 Å². The molecule has 59 heavy (non-hydrogen) atoms. The number of unbranched alkanes of at least 4 members (excludes halogenated alkanes) is 12. The van der Waals surface area contributed by atoms with Crippen LogP contribution in [0.3, 0.4) is 0 Å². The van der Waals surface area contributed by atoms with Gasteiger partial charge in [0.25, 0.3) is 0 Å². The Labute approximate surface area is 371 Å². The molecule has 5 nitrogen and oxygen atoms in total. The molecule has 320 valence electrons. The van der Waals surface area contributed by atoms with Gasteiger partial charge in [-0.2, -0.15) is 0 Å².